The fraction of sp³-hybridized carbons (Fsp3) is 0.667. The molecule has 3 nitrogen and oxygen atoms in total. The van der Waals surface area contributed by atoms with Crippen LogP contribution in [0.4, 0.5) is 8.78 Å². The van der Waals surface area contributed by atoms with Gasteiger partial charge in [0.15, 0.2) is 11.5 Å². The SMILES string of the molecule is COc1ccc(OC(=O)C2CCC(C3CCC(C)CC3)CC2)c(F)c1F. The number of hydrogen-bond acceptors (Lipinski definition) is 3. The van der Waals surface area contributed by atoms with E-state index >= 15 is 0 Å². The summed E-state index contributed by atoms with van der Waals surface area (Å²) in [6.07, 6.45) is 8.83. The number of carbonyl (C=O) groups is 1. The van der Waals surface area contributed by atoms with E-state index in [2.05, 4.69) is 6.92 Å². The third-order valence-electron chi connectivity index (χ3n) is 6.27. The van der Waals surface area contributed by atoms with Gasteiger partial charge in [0.25, 0.3) is 0 Å². The molecule has 0 N–H and O–H groups in total. The van der Waals surface area contributed by atoms with Crippen molar-refractivity contribution in [2.75, 3.05) is 7.11 Å². The summed E-state index contributed by atoms with van der Waals surface area (Å²) in [5.41, 5.74) is 0. The lowest BCUT2D eigenvalue weighted by Crippen LogP contribution is -2.30. The molecule has 1 aromatic carbocycles. The van der Waals surface area contributed by atoms with Gasteiger partial charge in [-0.25, -0.2) is 0 Å². The van der Waals surface area contributed by atoms with Gasteiger partial charge in [0.1, 0.15) is 0 Å². The Labute approximate surface area is 154 Å². The average molecular weight is 366 g/mol. The molecule has 2 fully saturated rings. The van der Waals surface area contributed by atoms with E-state index in [0.29, 0.717) is 5.92 Å². The second-order valence-corrected chi connectivity index (χ2v) is 7.95. The summed E-state index contributed by atoms with van der Waals surface area (Å²) in [6, 6.07) is 2.51. The van der Waals surface area contributed by atoms with Gasteiger partial charge in [-0.1, -0.05) is 19.8 Å². The van der Waals surface area contributed by atoms with Gasteiger partial charge in [-0.05, 0) is 68.4 Å². The highest BCUT2D eigenvalue weighted by Crippen LogP contribution is 2.41. The maximum atomic E-state index is 14.0. The summed E-state index contributed by atoms with van der Waals surface area (Å²) in [4.78, 5) is 12.4. The van der Waals surface area contributed by atoms with Crippen LogP contribution in [0.25, 0.3) is 0 Å². The summed E-state index contributed by atoms with van der Waals surface area (Å²) in [5.74, 6) is -1.23. The van der Waals surface area contributed by atoms with Crippen molar-refractivity contribution < 1.29 is 23.0 Å². The molecule has 2 aliphatic carbocycles. The third kappa shape index (κ3) is 4.18. The number of rotatable bonds is 4. The van der Waals surface area contributed by atoms with Crippen molar-refractivity contribution in [3.8, 4) is 11.5 Å². The summed E-state index contributed by atoms with van der Waals surface area (Å²) in [5, 5.41) is 0. The predicted molar refractivity (Wildman–Crippen MR) is 95.1 cm³/mol. The molecule has 2 saturated carbocycles. The lowest BCUT2D eigenvalue weighted by molar-refractivity contribution is -0.140. The highest BCUT2D eigenvalue weighted by Gasteiger charge is 2.33. The number of carbonyl (C=O) groups excluding carboxylic acids is 1. The third-order valence-corrected chi connectivity index (χ3v) is 6.27. The molecule has 2 aliphatic rings. The molecule has 26 heavy (non-hydrogen) atoms. The van der Waals surface area contributed by atoms with E-state index in [1.54, 1.807) is 0 Å². The van der Waals surface area contributed by atoms with Gasteiger partial charge in [0.2, 0.25) is 11.6 Å². The zero-order valence-corrected chi connectivity index (χ0v) is 15.6. The maximum absolute atomic E-state index is 14.0. The fourth-order valence-corrected chi connectivity index (χ4v) is 4.53. The lowest BCUT2D eigenvalue weighted by atomic mass is 9.69. The van der Waals surface area contributed by atoms with Gasteiger partial charge in [-0.3, -0.25) is 4.79 Å². The van der Waals surface area contributed by atoms with E-state index in [0.717, 1.165) is 37.5 Å². The Balaban J connectivity index is 1.53. The van der Waals surface area contributed by atoms with E-state index in [1.807, 2.05) is 0 Å². The number of halogens is 2. The summed E-state index contributed by atoms with van der Waals surface area (Å²) in [6.45, 7) is 2.32. The highest BCUT2D eigenvalue weighted by molar-refractivity contribution is 5.75. The standard InChI is InChI=1S/C21H28F2O3/c1-13-3-5-14(6-4-13)15-7-9-16(10-8-15)21(24)26-18-12-11-17(25-2)19(22)20(18)23/h11-16H,3-10H2,1-2H3. The van der Waals surface area contributed by atoms with Gasteiger partial charge in [0, 0.05) is 0 Å². The molecule has 0 unspecified atom stereocenters. The van der Waals surface area contributed by atoms with Crippen LogP contribution in [-0.4, -0.2) is 13.1 Å². The van der Waals surface area contributed by atoms with E-state index in [1.165, 1.54) is 44.9 Å². The molecular weight excluding hydrogens is 338 g/mol. The van der Waals surface area contributed by atoms with E-state index in [9.17, 15) is 13.6 Å². The van der Waals surface area contributed by atoms with E-state index < -0.39 is 17.6 Å². The number of hydrogen-bond donors (Lipinski definition) is 0. The molecule has 1 aromatic rings. The Hall–Kier alpha value is -1.65. The van der Waals surface area contributed by atoms with Crippen LogP contribution in [0.2, 0.25) is 0 Å². The normalized spacial score (nSPS) is 29.2. The lowest BCUT2D eigenvalue weighted by Gasteiger charge is -2.36. The Bertz CT molecular complexity index is 630. The molecule has 0 atom stereocenters. The minimum absolute atomic E-state index is 0.204. The van der Waals surface area contributed by atoms with E-state index in [-0.39, 0.29) is 17.4 Å². The Morgan fingerprint density at radius 3 is 1.96 bits per heavy atom. The molecule has 5 heteroatoms. The zero-order valence-electron chi connectivity index (χ0n) is 15.6. The van der Waals surface area contributed by atoms with Crippen LogP contribution < -0.4 is 9.47 Å². The summed E-state index contributed by atoms with van der Waals surface area (Å²) in [7, 11) is 1.26. The maximum Gasteiger partial charge on any atom is 0.314 e. The number of ether oxygens (including phenoxy) is 2. The minimum Gasteiger partial charge on any atom is -0.494 e. The minimum atomic E-state index is -1.18. The topological polar surface area (TPSA) is 35.5 Å². The van der Waals surface area contributed by atoms with Crippen LogP contribution in [-0.2, 0) is 4.79 Å². The Morgan fingerprint density at radius 2 is 1.38 bits per heavy atom. The smallest absolute Gasteiger partial charge is 0.314 e. The van der Waals surface area contributed by atoms with Crippen molar-refractivity contribution in [2.24, 2.45) is 23.7 Å². The zero-order chi connectivity index (χ0) is 18.7. The summed E-state index contributed by atoms with van der Waals surface area (Å²) >= 11 is 0. The van der Waals surface area contributed by atoms with Crippen LogP contribution in [0, 0.1) is 35.3 Å². The molecule has 0 saturated heterocycles. The van der Waals surface area contributed by atoms with Crippen LogP contribution in [0.15, 0.2) is 12.1 Å². The van der Waals surface area contributed by atoms with Gasteiger partial charge in [0.05, 0.1) is 13.0 Å². The largest absolute Gasteiger partial charge is 0.494 e. The second-order valence-electron chi connectivity index (χ2n) is 7.95. The van der Waals surface area contributed by atoms with Crippen LogP contribution in [0.5, 0.6) is 11.5 Å². The molecule has 3 rings (SSSR count). The first kappa shape index (κ1) is 19.1. The molecule has 0 radical (unpaired) electrons. The molecule has 0 spiro atoms. The molecule has 144 valence electrons. The second kappa shape index (κ2) is 8.36. The fourth-order valence-electron chi connectivity index (χ4n) is 4.53. The van der Waals surface area contributed by atoms with Crippen LogP contribution in [0.3, 0.4) is 0 Å². The molecule has 0 amide bonds. The van der Waals surface area contributed by atoms with Crippen molar-refractivity contribution >= 4 is 5.97 Å². The van der Waals surface area contributed by atoms with Gasteiger partial charge in [-0.15, -0.1) is 0 Å². The van der Waals surface area contributed by atoms with Crippen molar-refractivity contribution in [1.29, 1.82) is 0 Å². The number of methoxy groups -OCH3 is 1. The van der Waals surface area contributed by atoms with Gasteiger partial charge < -0.3 is 9.47 Å². The molecule has 0 aromatic heterocycles. The molecule has 0 bridgehead atoms. The number of esters is 1. The first-order chi connectivity index (χ1) is 12.5. The molecular formula is C21H28F2O3. The van der Waals surface area contributed by atoms with Gasteiger partial charge >= 0.3 is 5.97 Å². The van der Waals surface area contributed by atoms with Crippen molar-refractivity contribution in [2.45, 2.75) is 58.3 Å². The highest BCUT2D eigenvalue weighted by atomic mass is 19.2. The van der Waals surface area contributed by atoms with Crippen molar-refractivity contribution in [3.63, 3.8) is 0 Å². The quantitative estimate of drug-likeness (QED) is 0.520. The van der Waals surface area contributed by atoms with Crippen molar-refractivity contribution in [3.05, 3.63) is 23.8 Å². The molecule has 0 aliphatic heterocycles. The predicted octanol–water partition coefficient (Wildman–Crippen LogP) is 5.51. The Morgan fingerprint density at radius 1 is 0.885 bits per heavy atom. The summed E-state index contributed by atoms with van der Waals surface area (Å²) < 4.78 is 37.6. The van der Waals surface area contributed by atoms with Crippen LogP contribution >= 0.6 is 0 Å². The van der Waals surface area contributed by atoms with Gasteiger partial charge in [-0.2, -0.15) is 8.78 Å². The van der Waals surface area contributed by atoms with Crippen LogP contribution in [0.1, 0.15) is 58.3 Å². The van der Waals surface area contributed by atoms with E-state index in [4.69, 9.17) is 9.47 Å². The first-order valence-corrected chi connectivity index (χ1v) is 9.73. The molecule has 0 heterocycles. The van der Waals surface area contributed by atoms with Crippen molar-refractivity contribution in [1.82, 2.24) is 0 Å². The average Bonchev–Trinajstić information content (AvgIpc) is 2.66. The monoisotopic (exact) mass is 366 g/mol. The number of benzene rings is 1. The first-order valence-electron chi connectivity index (χ1n) is 9.73. The Kier molecular flexibility index (Phi) is 6.15.